The summed E-state index contributed by atoms with van der Waals surface area (Å²) < 4.78 is 60.4. The lowest BCUT2D eigenvalue weighted by Gasteiger charge is -2.37. The van der Waals surface area contributed by atoms with Crippen LogP contribution in [0.25, 0.3) is 21.2 Å². The van der Waals surface area contributed by atoms with Gasteiger partial charge in [0.25, 0.3) is 5.91 Å². The molecule has 2 aromatic heterocycles. The fraction of sp³-hybridized carbons (Fsp3) is 0.333. The predicted octanol–water partition coefficient (Wildman–Crippen LogP) is 7.29. The Kier molecular flexibility index (Phi) is 12.4. The number of sulfonamides is 1. The lowest BCUT2D eigenvalue weighted by Crippen LogP contribution is -2.44. The van der Waals surface area contributed by atoms with Gasteiger partial charge in [0.1, 0.15) is 28.1 Å². The molecule has 0 radical (unpaired) electrons. The summed E-state index contributed by atoms with van der Waals surface area (Å²) in [5.41, 5.74) is 2.23. The molecule has 2 heterocycles. The van der Waals surface area contributed by atoms with E-state index in [1.54, 1.807) is 36.4 Å². The van der Waals surface area contributed by atoms with Gasteiger partial charge in [-0.3, -0.25) is 9.52 Å². The molecule has 0 saturated heterocycles. The summed E-state index contributed by atoms with van der Waals surface area (Å²) in [6.07, 6.45) is 5.82. The lowest BCUT2D eigenvalue weighted by molar-refractivity contribution is 0.0604. The fourth-order valence-corrected chi connectivity index (χ4v) is 7.49. The first-order chi connectivity index (χ1) is 20.5. The third-order valence-corrected chi connectivity index (χ3v) is 9.95. The summed E-state index contributed by atoms with van der Waals surface area (Å²) in [5, 5.41) is 3.12. The van der Waals surface area contributed by atoms with Crippen molar-refractivity contribution >= 4 is 79.6 Å². The van der Waals surface area contributed by atoms with Crippen LogP contribution in [-0.4, -0.2) is 56.7 Å². The number of pyridine rings is 1. The molecule has 1 saturated carbocycles. The van der Waals surface area contributed by atoms with Gasteiger partial charge in [0.15, 0.2) is 0 Å². The number of hydrogen-bond acceptors (Lipinski definition) is 7. The monoisotopic (exact) mass is 720 g/mol. The van der Waals surface area contributed by atoms with Crippen molar-refractivity contribution in [3.05, 3.63) is 75.8 Å². The maximum absolute atomic E-state index is 14.7. The number of nitrogens with one attached hydrogen (secondary N) is 2. The smallest absolute Gasteiger partial charge is 0.266 e. The van der Waals surface area contributed by atoms with Crippen molar-refractivity contribution in [2.24, 2.45) is 0 Å². The molecule has 45 heavy (non-hydrogen) atoms. The molecule has 4 aromatic rings. The number of amides is 1. The normalized spacial score (nSPS) is 16.4. The zero-order valence-corrected chi connectivity index (χ0v) is 28.6. The highest BCUT2D eigenvalue weighted by atomic mass is 35.5. The number of carbonyl (C=O) groups is 1. The van der Waals surface area contributed by atoms with Crippen molar-refractivity contribution in [1.29, 1.82) is 0 Å². The summed E-state index contributed by atoms with van der Waals surface area (Å²) in [5.74, 6) is -0.957. The van der Waals surface area contributed by atoms with E-state index in [0.29, 0.717) is 11.8 Å². The molecule has 15 heteroatoms. The van der Waals surface area contributed by atoms with Crippen LogP contribution in [-0.2, 0) is 16.6 Å². The Morgan fingerprint density at radius 3 is 2.31 bits per heavy atom. The van der Waals surface area contributed by atoms with E-state index in [9.17, 15) is 22.0 Å². The van der Waals surface area contributed by atoms with Crippen molar-refractivity contribution in [3.63, 3.8) is 0 Å². The van der Waals surface area contributed by atoms with Crippen LogP contribution in [0.3, 0.4) is 0 Å². The van der Waals surface area contributed by atoms with E-state index >= 15 is 0 Å². The first-order valence-electron chi connectivity index (χ1n) is 13.6. The average molecular weight is 722 g/mol. The minimum absolute atomic E-state index is 0. The molecule has 244 valence electrons. The number of hydrogen-bond donors (Lipinski definition) is 2. The van der Waals surface area contributed by atoms with Crippen LogP contribution in [0.4, 0.5) is 14.6 Å². The standard InChI is InChI=1S/C30H31ClF2N4O4S2.2ClH/c1-34-20-6-8-21(9-7-20)37(30(38)29-27(31)26-22(32)10-11-23(33)28(26)42-29)16-19-14-17(4-12-24(19)41-2)18-5-13-25(35-15-18)36-43(3,39)40;;/h4-5,10-15,20-21,34H,6-9,16H2,1-3H3,(H,35,36);2*1H. The molecule has 0 unspecified atom stereocenters. The summed E-state index contributed by atoms with van der Waals surface area (Å²) >= 11 is 7.41. The van der Waals surface area contributed by atoms with Gasteiger partial charge in [-0.2, -0.15) is 0 Å². The molecule has 0 atom stereocenters. The topological polar surface area (TPSA) is 101 Å². The van der Waals surface area contributed by atoms with Crippen LogP contribution < -0.4 is 14.8 Å². The molecule has 0 bridgehead atoms. The van der Waals surface area contributed by atoms with E-state index in [-0.39, 0.29) is 63.2 Å². The predicted molar refractivity (Wildman–Crippen MR) is 181 cm³/mol. The molecule has 2 aromatic carbocycles. The van der Waals surface area contributed by atoms with E-state index < -0.39 is 27.6 Å². The second-order valence-electron chi connectivity index (χ2n) is 10.5. The second kappa shape index (κ2) is 15.2. The summed E-state index contributed by atoms with van der Waals surface area (Å²) in [4.78, 5) is 20.2. The molecule has 1 amide bonds. The molecular formula is C30H33Cl3F2N4O4S2. The first kappa shape index (κ1) is 36.7. The van der Waals surface area contributed by atoms with Gasteiger partial charge in [-0.25, -0.2) is 22.2 Å². The molecule has 1 aliphatic carbocycles. The number of methoxy groups -OCH3 is 1. The molecule has 0 aliphatic heterocycles. The second-order valence-corrected chi connectivity index (χ2v) is 13.7. The van der Waals surface area contributed by atoms with Crippen LogP contribution in [0.5, 0.6) is 5.75 Å². The highest BCUT2D eigenvalue weighted by Crippen LogP contribution is 2.40. The van der Waals surface area contributed by atoms with E-state index in [2.05, 4.69) is 15.0 Å². The minimum Gasteiger partial charge on any atom is -0.496 e. The molecule has 2 N–H and O–H groups in total. The van der Waals surface area contributed by atoms with Gasteiger partial charge in [-0.05, 0) is 74.7 Å². The Bertz CT molecular complexity index is 1770. The third kappa shape index (κ3) is 8.16. The van der Waals surface area contributed by atoms with E-state index in [0.717, 1.165) is 72.1 Å². The number of aromatic nitrogens is 1. The summed E-state index contributed by atoms with van der Waals surface area (Å²) in [6, 6.07) is 11.1. The molecule has 1 fully saturated rings. The maximum Gasteiger partial charge on any atom is 0.266 e. The third-order valence-electron chi connectivity index (χ3n) is 7.69. The van der Waals surface area contributed by atoms with Crippen LogP contribution in [0, 0.1) is 11.6 Å². The largest absolute Gasteiger partial charge is 0.496 e. The maximum atomic E-state index is 14.7. The van der Waals surface area contributed by atoms with E-state index in [4.69, 9.17) is 16.3 Å². The van der Waals surface area contributed by atoms with Crippen LogP contribution >= 0.6 is 47.8 Å². The molecule has 5 rings (SSSR count). The van der Waals surface area contributed by atoms with E-state index in [1.807, 2.05) is 19.2 Å². The number of halogens is 5. The number of benzene rings is 2. The lowest BCUT2D eigenvalue weighted by atomic mass is 9.89. The number of rotatable bonds is 9. The zero-order valence-electron chi connectivity index (χ0n) is 24.6. The highest BCUT2D eigenvalue weighted by molar-refractivity contribution is 7.92. The number of thiophene rings is 1. The molecule has 8 nitrogen and oxygen atoms in total. The van der Waals surface area contributed by atoms with Gasteiger partial charge >= 0.3 is 0 Å². The van der Waals surface area contributed by atoms with Gasteiger partial charge < -0.3 is 15.0 Å². The van der Waals surface area contributed by atoms with Crippen LogP contribution in [0.15, 0.2) is 48.7 Å². The molecular weight excluding hydrogens is 689 g/mol. The quantitative estimate of drug-likeness (QED) is 0.188. The Morgan fingerprint density at radius 1 is 1.07 bits per heavy atom. The van der Waals surface area contributed by atoms with Gasteiger partial charge in [0, 0.05) is 36.0 Å². The number of nitrogens with zero attached hydrogens (tertiary/aromatic N) is 2. The number of carbonyl (C=O) groups excluding carboxylic acids is 1. The Hall–Kier alpha value is -2.74. The van der Waals surface area contributed by atoms with Crippen molar-refractivity contribution in [2.75, 3.05) is 25.1 Å². The fourth-order valence-electron chi connectivity index (χ4n) is 5.49. The summed E-state index contributed by atoms with van der Waals surface area (Å²) in [7, 11) is -0.00263. The van der Waals surface area contributed by atoms with Gasteiger partial charge in [-0.15, -0.1) is 36.2 Å². The average Bonchev–Trinajstić information content (AvgIpc) is 3.35. The Balaban J connectivity index is 0.00000276. The number of fused-ring (bicyclic) bond motifs is 1. The van der Waals surface area contributed by atoms with E-state index in [1.165, 1.54) is 0 Å². The zero-order chi connectivity index (χ0) is 30.9. The van der Waals surface area contributed by atoms with Crippen molar-refractivity contribution in [3.8, 4) is 16.9 Å². The number of ether oxygens (including phenoxy) is 1. The van der Waals surface area contributed by atoms with Crippen LogP contribution in [0.1, 0.15) is 40.9 Å². The molecule has 1 aliphatic rings. The van der Waals surface area contributed by atoms with Crippen LogP contribution in [0.2, 0.25) is 5.02 Å². The minimum atomic E-state index is -3.47. The first-order valence-corrected chi connectivity index (χ1v) is 16.7. The Morgan fingerprint density at radius 2 is 1.73 bits per heavy atom. The van der Waals surface area contributed by atoms with Crippen molar-refractivity contribution in [1.82, 2.24) is 15.2 Å². The Labute approximate surface area is 282 Å². The van der Waals surface area contributed by atoms with Crippen molar-refractivity contribution in [2.45, 2.75) is 44.3 Å². The highest BCUT2D eigenvalue weighted by Gasteiger charge is 2.33. The summed E-state index contributed by atoms with van der Waals surface area (Å²) in [6.45, 7) is 0.168. The SMILES string of the molecule is CNC1CCC(N(Cc2cc(-c3ccc(NS(C)(=O)=O)nc3)ccc2OC)C(=O)c2sc3c(F)ccc(F)c3c2Cl)CC1.Cl.Cl. The molecule has 0 spiro atoms. The van der Waals surface area contributed by atoms with Gasteiger partial charge in [0.05, 0.1) is 28.5 Å². The van der Waals surface area contributed by atoms with Gasteiger partial charge in [0.2, 0.25) is 10.0 Å². The van der Waals surface area contributed by atoms with Crippen molar-refractivity contribution < 1.29 is 26.7 Å². The number of anilines is 1. The van der Waals surface area contributed by atoms with Gasteiger partial charge in [-0.1, -0.05) is 17.7 Å².